The van der Waals surface area contributed by atoms with Gasteiger partial charge in [0.1, 0.15) is 33.1 Å². The number of fused-ring (bicyclic) bond motifs is 1. The van der Waals surface area contributed by atoms with Crippen molar-refractivity contribution in [2.45, 2.75) is 0 Å². The third-order valence-corrected chi connectivity index (χ3v) is 4.85. The molecule has 0 unspecified atom stereocenters. The molecule has 0 radical (unpaired) electrons. The third kappa shape index (κ3) is 2.94. The predicted molar refractivity (Wildman–Crippen MR) is 101 cm³/mol. The smallest absolute Gasteiger partial charge is 0.268 e. The number of nitrogens with zero attached hydrogens (tertiary/aromatic N) is 2. The Morgan fingerprint density at radius 2 is 2.04 bits per heavy atom. The zero-order chi connectivity index (χ0) is 18.8. The molecule has 3 aromatic rings. The highest BCUT2D eigenvalue weighted by atomic mass is 32.1. The number of nitriles is 1. The van der Waals surface area contributed by atoms with Crippen molar-refractivity contribution >= 4 is 44.7 Å². The predicted octanol–water partition coefficient (Wildman–Crippen LogP) is 2.60. The van der Waals surface area contributed by atoms with Gasteiger partial charge in [0.2, 0.25) is 0 Å². The number of ether oxygens (including phenoxy) is 2. The lowest BCUT2D eigenvalue weighted by atomic mass is 10.2. The summed E-state index contributed by atoms with van der Waals surface area (Å²) in [6.45, 7) is 0. The van der Waals surface area contributed by atoms with Crippen molar-refractivity contribution in [3.05, 3.63) is 34.7 Å². The first-order chi connectivity index (χ1) is 12.5. The van der Waals surface area contributed by atoms with Gasteiger partial charge in [-0.1, -0.05) is 0 Å². The van der Waals surface area contributed by atoms with Gasteiger partial charge in [-0.2, -0.15) is 5.26 Å². The van der Waals surface area contributed by atoms with Crippen molar-refractivity contribution in [2.75, 3.05) is 31.0 Å². The van der Waals surface area contributed by atoms with Crippen molar-refractivity contribution in [1.82, 2.24) is 4.98 Å². The van der Waals surface area contributed by atoms with Crippen LogP contribution in [0, 0.1) is 11.3 Å². The highest BCUT2D eigenvalue weighted by Crippen LogP contribution is 2.36. The van der Waals surface area contributed by atoms with Crippen LogP contribution in [0.5, 0.6) is 11.5 Å². The molecule has 0 spiro atoms. The van der Waals surface area contributed by atoms with Crippen molar-refractivity contribution in [2.24, 2.45) is 0 Å². The Labute approximate surface area is 153 Å². The summed E-state index contributed by atoms with van der Waals surface area (Å²) in [4.78, 5) is 17.6. The number of thiophene rings is 1. The Kier molecular flexibility index (Phi) is 4.51. The molecule has 8 nitrogen and oxygen atoms in total. The molecule has 9 heteroatoms. The van der Waals surface area contributed by atoms with E-state index >= 15 is 0 Å². The van der Waals surface area contributed by atoms with Crippen molar-refractivity contribution in [3.63, 3.8) is 0 Å². The number of nitrogen functional groups attached to an aromatic ring is 2. The highest BCUT2D eigenvalue weighted by Gasteiger charge is 2.20. The van der Waals surface area contributed by atoms with Crippen LogP contribution in [0.25, 0.3) is 10.2 Å². The van der Waals surface area contributed by atoms with Gasteiger partial charge >= 0.3 is 0 Å². The molecular weight excluding hydrogens is 354 g/mol. The van der Waals surface area contributed by atoms with Crippen LogP contribution in [0.4, 0.5) is 17.2 Å². The first-order valence-corrected chi connectivity index (χ1v) is 8.22. The standard InChI is InChI=1S/C17H15N5O3S/c1-24-9-3-4-12(25-2)11(6-9)21-16(23)14-13(19)10-5-8(7-18)15(20)22-17(10)26-14/h3-6H,19H2,1-2H3,(H2,20,22)(H,21,23). The summed E-state index contributed by atoms with van der Waals surface area (Å²) >= 11 is 1.10. The molecule has 1 amide bonds. The number of hydrogen-bond donors (Lipinski definition) is 3. The first-order valence-electron chi connectivity index (χ1n) is 7.40. The summed E-state index contributed by atoms with van der Waals surface area (Å²) in [5.74, 6) is 0.725. The average Bonchev–Trinajstić information content (AvgIpc) is 2.96. The van der Waals surface area contributed by atoms with E-state index in [9.17, 15) is 4.79 Å². The summed E-state index contributed by atoms with van der Waals surface area (Å²) in [6.07, 6.45) is 0. The minimum absolute atomic E-state index is 0.0997. The molecule has 2 aromatic heterocycles. The Hall–Kier alpha value is -3.51. The van der Waals surface area contributed by atoms with Crippen LogP contribution in [-0.4, -0.2) is 25.1 Å². The highest BCUT2D eigenvalue weighted by molar-refractivity contribution is 7.21. The summed E-state index contributed by atoms with van der Waals surface area (Å²) in [6, 6.07) is 8.53. The van der Waals surface area contributed by atoms with Gasteiger partial charge in [-0.25, -0.2) is 4.98 Å². The maximum atomic E-state index is 12.7. The molecule has 5 N–H and O–H groups in total. The van der Waals surface area contributed by atoms with Crippen LogP contribution in [-0.2, 0) is 0 Å². The Morgan fingerprint density at radius 3 is 2.69 bits per heavy atom. The van der Waals surface area contributed by atoms with E-state index in [0.717, 1.165) is 11.3 Å². The molecule has 0 saturated carbocycles. The van der Waals surface area contributed by atoms with Crippen LogP contribution in [0.2, 0.25) is 0 Å². The second-order valence-electron chi connectivity index (χ2n) is 5.25. The first kappa shape index (κ1) is 17.3. The molecule has 1 aromatic carbocycles. The van der Waals surface area contributed by atoms with Crippen LogP contribution in [0.1, 0.15) is 15.2 Å². The molecule has 0 saturated heterocycles. The molecule has 0 fully saturated rings. The lowest BCUT2D eigenvalue weighted by Gasteiger charge is -2.11. The number of anilines is 3. The van der Waals surface area contributed by atoms with Crippen LogP contribution < -0.4 is 26.3 Å². The summed E-state index contributed by atoms with van der Waals surface area (Å²) < 4.78 is 10.4. The molecule has 132 valence electrons. The topological polar surface area (TPSA) is 136 Å². The summed E-state index contributed by atoms with van der Waals surface area (Å²) in [7, 11) is 3.03. The molecule has 0 aliphatic heterocycles. The van der Waals surface area contributed by atoms with E-state index in [1.54, 1.807) is 18.2 Å². The maximum Gasteiger partial charge on any atom is 0.268 e. The van der Waals surface area contributed by atoms with Crippen LogP contribution in [0.15, 0.2) is 24.3 Å². The van der Waals surface area contributed by atoms with Crippen molar-refractivity contribution < 1.29 is 14.3 Å². The summed E-state index contributed by atoms with van der Waals surface area (Å²) in [5, 5.41) is 12.4. The molecule has 0 aliphatic carbocycles. The van der Waals surface area contributed by atoms with E-state index in [4.69, 9.17) is 26.2 Å². The lowest BCUT2D eigenvalue weighted by molar-refractivity contribution is 0.103. The van der Waals surface area contributed by atoms with Gasteiger partial charge < -0.3 is 26.3 Å². The average molecular weight is 369 g/mol. The number of pyridine rings is 1. The maximum absolute atomic E-state index is 12.7. The number of carbonyl (C=O) groups excluding carboxylic acids is 1. The number of nitrogens with two attached hydrogens (primary N) is 2. The monoisotopic (exact) mass is 369 g/mol. The molecule has 0 aliphatic rings. The molecule has 2 heterocycles. The second kappa shape index (κ2) is 6.78. The fourth-order valence-electron chi connectivity index (χ4n) is 2.40. The quantitative estimate of drug-likeness (QED) is 0.643. The molecule has 26 heavy (non-hydrogen) atoms. The van der Waals surface area contributed by atoms with Gasteiger partial charge in [-0.15, -0.1) is 11.3 Å². The van der Waals surface area contributed by atoms with Gasteiger partial charge in [0, 0.05) is 11.5 Å². The van der Waals surface area contributed by atoms with E-state index in [1.807, 2.05) is 6.07 Å². The third-order valence-electron chi connectivity index (χ3n) is 3.73. The second-order valence-corrected chi connectivity index (χ2v) is 6.25. The number of amides is 1. The summed E-state index contributed by atoms with van der Waals surface area (Å²) in [5.41, 5.74) is 12.7. The zero-order valence-electron chi connectivity index (χ0n) is 14.0. The lowest BCUT2D eigenvalue weighted by Crippen LogP contribution is -2.12. The Morgan fingerprint density at radius 1 is 1.27 bits per heavy atom. The number of rotatable bonds is 4. The van der Waals surface area contributed by atoms with E-state index < -0.39 is 5.91 Å². The normalized spacial score (nSPS) is 10.3. The van der Waals surface area contributed by atoms with E-state index in [0.29, 0.717) is 27.4 Å². The van der Waals surface area contributed by atoms with E-state index in [-0.39, 0.29) is 21.9 Å². The zero-order valence-corrected chi connectivity index (χ0v) is 14.8. The Bertz CT molecular complexity index is 1050. The fourth-order valence-corrected chi connectivity index (χ4v) is 3.38. The van der Waals surface area contributed by atoms with Gasteiger partial charge in [0.05, 0.1) is 31.2 Å². The van der Waals surface area contributed by atoms with Crippen LogP contribution in [0.3, 0.4) is 0 Å². The minimum atomic E-state index is -0.422. The molecular formula is C17H15N5O3S. The van der Waals surface area contributed by atoms with E-state index in [2.05, 4.69) is 10.3 Å². The van der Waals surface area contributed by atoms with Gasteiger partial charge in [0.25, 0.3) is 5.91 Å². The number of aromatic nitrogens is 1. The SMILES string of the molecule is COc1ccc(OC)c(NC(=O)c2sc3nc(N)c(C#N)cc3c2N)c1. The van der Waals surface area contributed by atoms with Gasteiger partial charge in [-0.05, 0) is 18.2 Å². The van der Waals surface area contributed by atoms with Crippen LogP contribution >= 0.6 is 11.3 Å². The number of carbonyl (C=O) groups is 1. The van der Waals surface area contributed by atoms with Crippen molar-refractivity contribution in [3.8, 4) is 17.6 Å². The van der Waals surface area contributed by atoms with Crippen molar-refractivity contribution in [1.29, 1.82) is 5.26 Å². The number of nitrogens with one attached hydrogen (secondary N) is 1. The minimum Gasteiger partial charge on any atom is -0.497 e. The largest absolute Gasteiger partial charge is 0.497 e. The van der Waals surface area contributed by atoms with Gasteiger partial charge in [0.15, 0.2) is 0 Å². The number of hydrogen-bond acceptors (Lipinski definition) is 8. The molecule has 3 rings (SSSR count). The number of methoxy groups -OCH3 is 2. The van der Waals surface area contributed by atoms with E-state index in [1.165, 1.54) is 20.3 Å². The fraction of sp³-hybridized carbons (Fsp3) is 0.118. The molecule has 0 atom stereocenters. The Balaban J connectivity index is 2.01. The van der Waals surface area contributed by atoms with Gasteiger partial charge in [-0.3, -0.25) is 4.79 Å². The number of benzene rings is 1. The molecule has 0 bridgehead atoms.